The quantitative estimate of drug-likeness (QED) is 0.311. The molecule has 200 valence electrons. The summed E-state index contributed by atoms with van der Waals surface area (Å²) in [7, 11) is 0. The van der Waals surface area contributed by atoms with Gasteiger partial charge in [-0.25, -0.2) is 9.97 Å². The zero-order valence-electron chi connectivity index (χ0n) is 22.3. The minimum atomic E-state index is -0.759. The van der Waals surface area contributed by atoms with Gasteiger partial charge in [-0.3, -0.25) is 9.78 Å². The van der Waals surface area contributed by atoms with Crippen LogP contribution in [0.3, 0.4) is 0 Å². The van der Waals surface area contributed by atoms with Gasteiger partial charge in [0.05, 0.1) is 23.4 Å². The second-order valence-electron chi connectivity index (χ2n) is 11.1. The number of aliphatic hydroxyl groups excluding tert-OH is 1. The molecule has 0 aliphatic heterocycles. The summed E-state index contributed by atoms with van der Waals surface area (Å²) < 4.78 is 0. The fourth-order valence-corrected chi connectivity index (χ4v) is 5.94. The molecule has 3 fully saturated rings. The molecule has 2 bridgehead atoms. The first-order chi connectivity index (χ1) is 18.8. The molecule has 3 aliphatic rings. The van der Waals surface area contributed by atoms with Crippen molar-refractivity contribution in [2.45, 2.75) is 69.9 Å². The highest BCUT2D eigenvalue weighted by molar-refractivity contribution is 5.96. The van der Waals surface area contributed by atoms with E-state index in [-0.39, 0.29) is 22.4 Å². The lowest BCUT2D eigenvalue weighted by atomic mass is 9.55. The van der Waals surface area contributed by atoms with Gasteiger partial charge in [0.25, 0.3) is 5.91 Å². The highest BCUT2D eigenvalue weighted by Crippen LogP contribution is 2.54. The van der Waals surface area contributed by atoms with E-state index < -0.39 is 6.10 Å². The average molecular weight is 523 g/mol. The Balaban J connectivity index is 1.23. The molecule has 0 radical (unpaired) electrons. The molecule has 39 heavy (non-hydrogen) atoms. The fourth-order valence-electron chi connectivity index (χ4n) is 5.94. The van der Waals surface area contributed by atoms with Crippen LogP contribution in [0.1, 0.15) is 67.3 Å². The summed E-state index contributed by atoms with van der Waals surface area (Å²) >= 11 is 0. The van der Waals surface area contributed by atoms with E-state index in [1.807, 2.05) is 49.4 Å². The molecular formula is C31H34N6O2. The number of anilines is 2. The molecule has 1 aromatic carbocycles. The number of benzene rings is 1. The molecule has 3 aromatic rings. The fraction of sp³-hybridized carbons (Fsp3) is 0.387. The van der Waals surface area contributed by atoms with Crippen LogP contribution < -0.4 is 10.6 Å². The van der Waals surface area contributed by atoms with E-state index >= 15 is 0 Å². The van der Waals surface area contributed by atoms with Gasteiger partial charge in [-0.1, -0.05) is 12.6 Å². The second kappa shape index (κ2) is 11.0. The maximum atomic E-state index is 13.4. The van der Waals surface area contributed by atoms with Crippen molar-refractivity contribution in [3.05, 3.63) is 78.3 Å². The lowest BCUT2D eigenvalue weighted by molar-refractivity contribution is 0.00965. The van der Waals surface area contributed by atoms with Crippen LogP contribution in [0.2, 0.25) is 0 Å². The Labute approximate surface area is 229 Å². The maximum absolute atomic E-state index is 13.4. The van der Waals surface area contributed by atoms with Crippen LogP contribution in [-0.4, -0.2) is 37.6 Å². The molecule has 0 spiro atoms. The van der Waals surface area contributed by atoms with E-state index in [4.69, 9.17) is 5.26 Å². The van der Waals surface area contributed by atoms with Gasteiger partial charge >= 0.3 is 0 Å². The van der Waals surface area contributed by atoms with Crippen LogP contribution in [0, 0.1) is 23.7 Å². The van der Waals surface area contributed by atoms with Gasteiger partial charge < -0.3 is 15.7 Å². The number of nitrogens with one attached hydrogen (secondary N) is 2. The summed E-state index contributed by atoms with van der Waals surface area (Å²) in [5.74, 6) is 0.383. The van der Waals surface area contributed by atoms with E-state index in [1.165, 1.54) is 0 Å². The molecule has 3 N–H and O–H groups in total. The summed E-state index contributed by atoms with van der Waals surface area (Å²) in [5.41, 5.74) is 4.28. The minimum Gasteiger partial charge on any atom is -0.388 e. The summed E-state index contributed by atoms with van der Waals surface area (Å²) in [6, 6.07) is 13.3. The van der Waals surface area contributed by atoms with Gasteiger partial charge in [0.1, 0.15) is 0 Å². The number of carbonyl (C=O) groups excluding carboxylic acids is 1. The summed E-state index contributed by atoms with van der Waals surface area (Å²) in [4.78, 5) is 26.6. The monoisotopic (exact) mass is 522 g/mol. The van der Waals surface area contributed by atoms with E-state index in [2.05, 4.69) is 32.2 Å². The smallest absolute Gasteiger partial charge is 0.251 e. The molecule has 3 saturated carbocycles. The first-order valence-corrected chi connectivity index (χ1v) is 13.5. The Morgan fingerprint density at radius 2 is 1.92 bits per heavy atom. The number of amides is 1. The molecule has 1 unspecified atom stereocenters. The zero-order chi connectivity index (χ0) is 27.5. The van der Waals surface area contributed by atoms with Crippen molar-refractivity contribution in [3.63, 3.8) is 0 Å². The SMILES string of the molecule is C=C(C#N)C(O)CCC12CCC(NC(=O)c3ccc(C)c(Nc4nccc(-c5cccnc5)n4)c3)(CC1)CC2. The predicted octanol–water partition coefficient (Wildman–Crippen LogP) is 5.63. The molecule has 1 atom stereocenters. The summed E-state index contributed by atoms with van der Waals surface area (Å²) in [6.45, 7) is 5.63. The highest BCUT2D eigenvalue weighted by Gasteiger charge is 2.49. The van der Waals surface area contributed by atoms with Gasteiger partial charge in [-0.2, -0.15) is 5.26 Å². The highest BCUT2D eigenvalue weighted by atomic mass is 16.3. The Morgan fingerprint density at radius 3 is 2.62 bits per heavy atom. The Hall–Kier alpha value is -4.09. The molecule has 8 nitrogen and oxygen atoms in total. The molecule has 1 amide bonds. The molecule has 2 heterocycles. The molecule has 8 heteroatoms. The number of nitrogens with zero attached hydrogens (tertiary/aromatic N) is 4. The molecule has 3 aliphatic carbocycles. The average Bonchev–Trinajstić information content (AvgIpc) is 2.98. The number of aryl methyl sites for hydroxylation is 1. The Bertz CT molecular complexity index is 1390. The summed E-state index contributed by atoms with van der Waals surface area (Å²) in [5, 5.41) is 25.8. The van der Waals surface area contributed by atoms with Crippen molar-refractivity contribution >= 4 is 17.5 Å². The van der Waals surface area contributed by atoms with Crippen molar-refractivity contribution in [3.8, 4) is 17.3 Å². The van der Waals surface area contributed by atoms with Gasteiger partial charge in [0.15, 0.2) is 0 Å². The molecule has 6 rings (SSSR count). The van der Waals surface area contributed by atoms with Crippen molar-refractivity contribution in [1.82, 2.24) is 20.3 Å². The second-order valence-corrected chi connectivity index (χ2v) is 11.1. The van der Waals surface area contributed by atoms with Crippen LogP contribution in [0.25, 0.3) is 11.3 Å². The first-order valence-electron chi connectivity index (χ1n) is 13.5. The minimum absolute atomic E-state index is 0.0711. The zero-order valence-corrected chi connectivity index (χ0v) is 22.3. The van der Waals surface area contributed by atoms with Crippen molar-refractivity contribution in [1.29, 1.82) is 5.26 Å². The number of aromatic nitrogens is 3. The Morgan fingerprint density at radius 1 is 1.15 bits per heavy atom. The number of fused-ring (bicyclic) bond motifs is 3. The summed E-state index contributed by atoms with van der Waals surface area (Å²) in [6.07, 6.45) is 11.7. The van der Waals surface area contributed by atoms with Crippen LogP contribution >= 0.6 is 0 Å². The van der Waals surface area contributed by atoms with E-state index in [0.717, 1.165) is 67.5 Å². The largest absolute Gasteiger partial charge is 0.388 e. The third-order valence-corrected chi connectivity index (χ3v) is 8.63. The van der Waals surface area contributed by atoms with Gasteiger partial charge in [-0.05, 0) is 99.6 Å². The van der Waals surface area contributed by atoms with Crippen LogP contribution in [-0.2, 0) is 0 Å². The van der Waals surface area contributed by atoms with Crippen molar-refractivity contribution < 1.29 is 9.90 Å². The van der Waals surface area contributed by atoms with Crippen molar-refractivity contribution in [2.24, 2.45) is 5.41 Å². The number of pyridine rings is 1. The third-order valence-electron chi connectivity index (χ3n) is 8.63. The van der Waals surface area contributed by atoms with Crippen molar-refractivity contribution in [2.75, 3.05) is 5.32 Å². The molecule has 2 aromatic heterocycles. The number of nitriles is 1. The molecule has 0 saturated heterocycles. The normalized spacial score (nSPS) is 22.5. The predicted molar refractivity (Wildman–Crippen MR) is 150 cm³/mol. The van der Waals surface area contributed by atoms with E-state index in [0.29, 0.717) is 17.9 Å². The topological polar surface area (TPSA) is 124 Å². The number of carbonyl (C=O) groups is 1. The van der Waals surface area contributed by atoms with E-state index in [9.17, 15) is 9.90 Å². The number of aliphatic hydroxyl groups is 1. The first kappa shape index (κ1) is 26.5. The van der Waals surface area contributed by atoms with E-state index in [1.54, 1.807) is 18.6 Å². The number of hydrogen-bond acceptors (Lipinski definition) is 7. The van der Waals surface area contributed by atoms with Gasteiger partial charge in [0, 0.05) is 40.9 Å². The van der Waals surface area contributed by atoms with Crippen LogP contribution in [0.5, 0.6) is 0 Å². The Kier molecular flexibility index (Phi) is 7.45. The molecular weight excluding hydrogens is 488 g/mol. The standard InChI is InChI=1S/C31H34N6O2/c1-21-5-6-23(18-26(21)36-29-34-17-8-25(35-29)24-4-3-16-33-20-24)28(39)37-31-13-10-30(11-14-31,12-15-31)9-7-27(38)22(2)19-32/h3-6,8,16-18,20,27,38H,2,7,9-15H2,1H3,(H,37,39)(H,34,35,36). The third kappa shape index (κ3) is 5.84. The van der Waals surface area contributed by atoms with Crippen LogP contribution in [0.15, 0.2) is 67.1 Å². The van der Waals surface area contributed by atoms with Gasteiger partial charge in [0.2, 0.25) is 5.95 Å². The number of hydrogen-bond donors (Lipinski definition) is 3. The maximum Gasteiger partial charge on any atom is 0.251 e. The lowest BCUT2D eigenvalue weighted by Crippen LogP contribution is -2.56. The number of rotatable bonds is 9. The van der Waals surface area contributed by atoms with Crippen LogP contribution in [0.4, 0.5) is 11.6 Å². The van der Waals surface area contributed by atoms with Gasteiger partial charge in [-0.15, -0.1) is 0 Å². The lowest BCUT2D eigenvalue weighted by Gasteiger charge is -2.54.